The minimum atomic E-state index is -0.681. The van der Waals surface area contributed by atoms with Crippen molar-refractivity contribution < 1.29 is 14.6 Å². The Kier molecular flexibility index (Phi) is 3.80. The van der Waals surface area contributed by atoms with E-state index in [0.717, 1.165) is 24.3 Å². The molecule has 0 aliphatic heterocycles. The number of carbonyl (C=O) groups is 1. The molecule has 19 heavy (non-hydrogen) atoms. The van der Waals surface area contributed by atoms with E-state index in [2.05, 4.69) is 17.9 Å². The van der Waals surface area contributed by atoms with Crippen LogP contribution in [-0.2, 0) is 11.3 Å². The van der Waals surface area contributed by atoms with Crippen molar-refractivity contribution in [2.24, 2.45) is 5.92 Å². The maximum atomic E-state index is 10.9. The Balaban J connectivity index is 2.07. The summed E-state index contributed by atoms with van der Waals surface area (Å²) >= 11 is 0. The van der Waals surface area contributed by atoms with Crippen molar-refractivity contribution in [3.8, 4) is 5.75 Å². The third-order valence-corrected chi connectivity index (χ3v) is 3.91. The number of benzene rings is 1. The van der Waals surface area contributed by atoms with Gasteiger partial charge in [0.05, 0.1) is 13.0 Å². The van der Waals surface area contributed by atoms with Crippen molar-refractivity contribution in [1.82, 2.24) is 4.90 Å². The molecule has 1 aliphatic rings. The number of hydrogen-bond acceptors (Lipinski definition) is 3. The predicted octanol–water partition coefficient (Wildman–Crippen LogP) is 2.22. The third-order valence-electron chi connectivity index (χ3n) is 3.91. The number of methoxy groups -OCH3 is 1. The topological polar surface area (TPSA) is 49.8 Å². The van der Waals surface area contributed by atoms with Crippen LogP contribution in [0.1, 0.15) is 23.1 Å². The number of aryl methyl sites for hydroxylation is 2. The van der Waals surface area contributed by atoms with E-state index >= 15 is 0 Å². The van der Waals surface area contributed by atoms with Crippen LogP contribution in [0.4, 0.5) is 0 Å². The predicted molar refractivity (Wildman–Crippen MR) is 73.5 cm³/mol. The van der Waals surface area contributed by atoms with Gasteiger partial charge >= 0.3 is 5.97 Å². The summed E-state index contributed by atoms with van der Waals surface area (Å²) in [7, 11) is 3.67. The Morgan fingerprint density at radius 2 is 2.11 bits per heavy atom. The fraction of sp³-hybridized carbons (Fsp3) is 0.533. The van der Waals surface area contributed by atoms with E-state index in [-0.39, 0.29) is 12.0 Å². The van der Waals surface area contributed by atoms with Gasteiger partial charge in [0.15, 0.2) is 0 Å². The molecular formula is C15H21NO3. The molecule has 2 atom stereocenters. The van der Waals surface area contributed by atoms with Crippen LogP contribution in [0, 0.1) is 19.8 Å². The summed E-state index contributed by atoms with van der Waals surface area (Å²) in [5.74, 6) is 0.0304. The zero-order valence-electron chi connectivity index (χ0n) is 11.9. The van der Waals surface area contributed by atoms with Crippen LogP contribution >= 0.6 is 0 Å². The lowest BCUT2D eigenvalue weighted by molar-refractivity contribution is -0.138. The molecule has 104 valence electrons. The molecule has 4 nitrogen and oxygen atoms in total. The first-order valence-corrected chi connectivity index (χ1v) is 6.51. The fourth-order valence-corrected chi connectivity index (χ4v) is 2.56. The second kappa shape index (κ2) is 5.21. The fourth-order valence-electron chi connectivity index (χ4n) is 2.56. The second-order valence-corrected chi connectivity index (χ2v) is 5.41. The van der Waals surface area contributed by atoms with Crippen LogP contribution < -0.4 is 4.74 Å². The van der Waals surface area contributed by atoms with Gasteiger partial charge in [0.1, 0.15) is 5.75 Å². The molecule has 1 fully saturated rings. The molecule has 0 heterocycles. The molecule has 1 aromatic carbocycles. The maximum absolute atomic E-state index is 10.9. The molecule has 2 unspecified atom stereocenters. The van der Waals surface area contributed by atoms with E-state index in [1.54, 1.807) is 7.11 Å². The first-order chi connectivity index (χ1) is 8.93. The van der Waals surface area contributed by atoms with Gasteiger partial charge in [-0.05, 0) is 50.1 Å². The zero-order chi connectivity index (χ0) is 14.2. The van der Waals surface area contributed by atoms with Gasteiger partial charge in [-0.3, -0.25) is 9.69 Å². The molecule has 1 saturated carbocycles. The molecular weight excluding hydrogens is 242 g/mol. The molecule has 0 aromatic heterocycles. The molecule has 0 saturated heterocycles. The highest BCUT2D eigenvalue weighted by Crippen LogP contribution is 2.36. The average molecular weight is 263 g/mol. The molecule has 0 radical (unpaired) electrons. The van der Waals surface area contributed by atoms with E-state index in [9.17, 15) is 4.79 Å². The van der Waals surface area contributed by atoms with Crippen molar-refractivity contribution in [3.63, 3.8) is 0 Å². The van der Waals surface area contributed by atoms with Crippen LogP contribution in [0.2, 0.25) is 0 Å². The molecule has 0 bridgehead atoms. The van der Waals surface area contributed by atoms with Crippen LogP contribution in [0.25, 0.3) is 0 Å². The van der Waals surface area contributed by atoms with Crippen molar-refractivity contribution >= 4 is 5.97 Å². The van der Waals surface area contributed by atoms with Gasteiger partial charge in [-0.1, -0.05) is 6.07 Å². The van der Waals surface area contributed by atoms with E-state index in [1.165, 1.54) is 11.1 Å². The summed E-state index contributed by atoms with van der Waals surface area (Å²) in [6, 6.07) is 4.35. The van der Waals surface area contributed by atoms with Crippen molar-refractivity contribution in [2.75, 3.05) is 14.2 Å². The van der Waals surface area contributed by atoms with Gasteiger partial charge in [-0.15, -0.1) is 0 Å². The van der Waals surface area contributed by atoms with Gasteiger partial charge < -0.3 is 9.84 Å². The highest BCUT2D eigenvalue weighted by molar-refractivity contribution is 5.74. The van der Waals surface area contributed by atoms with Crippen LogP contribution in [-0.4, -0.2) is 36.2 Å². The lowest BCUT2D eigenvalue weighted by Gasteiger charge is -2.19. The van der Waals surface area contributed by atoms with E-state index in [0.29, 0.717) is 0 Å². The molecule has 0 spiro atoms. The second-order valence-electron chi connectivity index (χ2n) is 5.41. The Morgan fingerprint density at radius 1 is 1.42 bits per heavy atom. The van der Waals surface area contributed by atoms with Crippen molar-refractivity contribution in [3.05, 3.63) is 28.8 Å². The molecule has 1 N–H and O–H groups in total. The average Bonchev–Trinajstić information content (AvgIpc) is 3.13. The summed E-state index contributed by atoms with van der Waals surface area (Å²) in [4.78, 5) is 13.0. The van der Waals surface area contributed by atoms with E-state index < -0.39 is 5.97 Å². The molecule has 2 rings (SSSR count). The highest BCUT2D eigenvalue weighted by Gasteiger charge is 2.45. The number of nitrogens with zero attached hydrogens (tertiary/aromatic N) is 1. The third kappa shape index (κ3) is 2.89. The van der Waals surface area contributed by atoms with Gasteiger partial charge in [0, 0.05) is 12.6 Å². The standard InChI is InChI=1S/C15H21NO3/c1-9-6-14(19-4)10(2)5-11(9)8-16(3)13-7-12(13)15(17)18/h5-6,12-13H,7-8H2,1-4H3,(H,17,18). The number of carboxylic acids is 1. The summed E-state index contributed by atoms with van der Waals surface area (Å²) in [6.07, 6.45) is 0.764. The Labute approximate surface area is 114 Å². The summed E-state index contributed by atoms with van der Waals surface area (Å²) in [6.45, 7) is 4.87. The summed E-state index contributed by atoms with van der Waals surface area (Å²) < 4.78 is 5.30. The number of aliphatic carboxylic acids is 1. The lowest BCUT2D eigenvalue weighted by atomic mass is 10.0. The van der Waals surface area contributed by atoms with Crippen LogP contribution in [0.3, 0.4) is 0 Å². The van der Waals surface area contributed by atoms with Gasteiger partial charge in [-0.25, -0.2) is 0 Å². The smallest absolute Gasteiger partial charge is 0.308 e. The SMILES string of the molecule is COc1cc(C)c(CN(C)C2CC2C(=O)O)cc1C. The summed E-state index contributed by atoms with van der Waals surface area (Å²) in [5, 5.41) is 8.96. The maximum Gasteiger partial charge on any atom is 0.308 e. The number of hydrogen-bond donors (Lipinski definition) is 1. The first-order valence-electron chi connectivity index (χ1n) is 6.51. The quantitative estimate of drug-likeness (QED) is 0.885. The monoisotopic (exact) mass is 263 g/mol. The van der Waals surface area contributed by atoms with Crippen molar-refractivity contribution in [1.29, 1.82) is 0 Å². The number of rotatable bonds is 5. The Morgan fingerprint density at radius 3 is 2.63 bits per heavy atom. The normalized spacial score (nSPS) is 21.5. The minimum absolute atomic E-state index is 0.180. The largest absolute Gasteiger partial charge is 0.496 e. The molecule has 1 aliphatic carbocycles. The van der Waals surface area contributed by atoms with E-state index in [4.69, 9.17) is 9.84 Å². The van der Waals surface area contributed by atoms with Crippen LogP contribution in [0.5, 0.6) is 5.75 Å². The zero-order valence-corrected chi connectivity index (χ0v) is 11.9. The number of ether oxygens (including phenoxy) is 1. The molecule has 1 aromatic rings. The van der Waals surface area contributed by atoms with Gasteiger partial charge in [-0.2, -0.15) is 0 Å². The molecule has 4 heteroatoms. The van der Waals surface area contributed by atoms with E-state index in [1.807, 2.05) is 20.0 Å². The Hall–Kier alpha value is -1.55. The van der Waals surface area contributed by atoms with Gasteiger partial charge in [0.2, 0.25) is 0 Å². The van der Waals surface area contributed by atoms with Crippen LogP contribution in [0.15, 0.2) is 12.1 Å². The summed E-state index contributed by atoms with van der Waals surface area (Å²) in [5.41, 5.74) is 3.53. The lowest BCUT2D eigenvalue weighted by Crippen LogP contribution is -2.24. The van der Waals surface area contributed by atoms with Gasteiger partial charge in [0.25, 0.3) is 0 Å². The minimum Gasteiger partial charge on any atom is -0.496 e. The molecule has 0 amide bonds. The van der Waals surface area contributed by atoms with Crippen molar-refractivity contribution in [2.45, 2.75) is 32.9 Å². The highest BCUT2D eigenvalue weighted by atomic mass is 16.5. The first kappa shape index (κ1) is 13.9. The number of carboxylic acid groups (broad SMARTS) is 1. The Bertz CT molecular complexity index is 498.